The fourth-order valence-electron chi connectivity index (χ4n) is 2.93. The number of hydrogen-bond donors (Lipinski definition) is 5. The second-order valence-corrected chi connectivity index (χ2v) is 7.68. The molecule has 168 valence electrons. The lowest BCUT2D eigenvalue weighted by Crippen LogP contribution is -2.49. The van der Waals surface area contributed by atoms with E-state index in [1.807, 2.05) is 42.1 Å². The average Bonchev–Trinajstić information content (AvgIpc) is 2.96. The lowest BCUT2D eigenvalue weighted by molar-refractivity contribution is -0.337. The van der Waals surface area contributed by atoms with E-state index >= 15 is 0 Å². The van der Waals surface area contributed by atoms with Gasteiger partial charge in [-0.1, -0.05) is 24.6 Å². The van der Waals surface area contributed by atoms with Crippen LogP contribution in [-0.2, 0) is 27.6 Å². The maximum absolute atomic E-state index is 12.2. The number of benzene rings is 1. The number of carbonyl (C=O) groups is 2. The van der Waals surface area contributed by atoms with E-state index in [9.17, 15) is 14.7 Å². The third-order valence-electron chi connectivity index (χ3n) is 4.32. The van der Waals surface area contributed by atoms with Crippen molar-refractivity contribution in [1.82, 2.24) is 9.88 Å². The fraction of sp³-hybridized carbons (Fsp3) is 0.444. The molecular formula is C18H29N4O7P. The Morgan fingerprint density at radius 2 is 1.90 bits per heavy atom. The van der Waals surface area contributed by atoms with E-state index in [0.717, 1.165) is 29.3 Å². The molecule has 0 radical (unpaired) electrons. The SMILES string of the molecule is Cn1cc(C[C@@H](NC(=O)[C@@H](N)CCCCN)C(=O)O)c2ccccc21.O=P([O-])([O-])O.[H+].[H+]. The second kappa shape index (κ2) is 11.8. The van der Waals surface area contributed by atoms with Crippen LogP contribution in [0.25, 0.3) is 10.9 Å². The Balaban J connectivity index is 0. The largest absolute Gasteiger partial charge is 1.00 e. The number of nitrogens with two attached hydrogens (primary N) is 2. The number of unbranched alkanes of at least 4 members (excludes halogenated alkanes) is 1. The van der Waals surface area contributed by atoms with Gasteiger partial charge in [0.25, 0.3) is 0 Å². The van der Waals surface area contributed by atoms with Gasteiger partial charge in [-0.2, -0.15) is 0 Å². The van der Waals surface area contributed by atoms with Crippen molar-refractivity contribution in [2.45, 2.75) is 37.8 Å². The Bertz CT molecular complexity index is 898. The van der Waals surface area contributed by atoms with Crippen LogP contribution < -0.4 is 26.6 Å². The first kappa shape index (κ1) is 25.8. The van der Waals surface area contributed by atoms with Crippen molar-refractivity contribution in [3.05, 3.63) is 36.0 Å². The van der Waals surface area contributed by atoms with E-state index in [1.165, 1.54) is 0 Å². The molecule has 0 unspecified atom stereocenters. The van der Waals surface area contributed by atoms with Gasteiger partial charge in [0.05, 0.1) is 13.9 Å². The van der Waals surface area contributed by atoms with Gasteiger partial charge in [0, 0.05) is 30.6 Å². The van der Waals surface area contributed by atoms with Crippen molar-refractivity contribution in [2.24, 2.45) is 18.5 Å². The number of aryl methyl sites for hydroxylation is 1. The molecule has 0 aliphatic rings. The summed E-state index contributed by atoms with van der Waals surface area (Å²) in [6.45, 7) is 0.549. The molecule has 2 atom stereocenters. The molecule has 1 heterocycles. The van der Waals surface area contributed by atoms with Gasteiger partial charge in [0.1, 0.15) is 6.04 Å². The molecule has 1 amide bonds. The number of rotatable bonds is 9. The Morgan fingerprint density at radius 3 is 2.47 bits per heavy atom. The van der Waals surface area contributed by atoms with Crippen LogP contribution in [0.3, 0.4) is 0 Å². The van der Waals surface area contributed by atoms with Gasteiger partial charge in [-0.25, -0.2) is 4.79 Å². The Hall–Kier alpha value is -2.27. The van der Waals surface area contributed by atoms with Gasteiger partial charge in [-0.15, -0.1) is 0 Å². The summed E-state index contributed by atoms with van der Waals surface area (Å²) in [7, 11) is -3.23. The highest BCUT2D eigenvalue weighted by molar-refractivity contribution is 7.42. The van der Waals surface area contributed by atoms with Crippen molar-refractivity contribution >= 4 is 30.6 Å². The predicted octanol–water partition coefficient (Wildman–Crippen LogP) is -1.22. The van der Waals surface area contributed by atoms with Crippen molar-refractivity contribution < 1.29 is 36.8 Å². The first-order valence-corrected chi connectivity index (χ1v) is 10.7. The van der Waals surface area contributed by atoms with Crippen LogP contribution in [-0.4, -0.2) is 45.1 Å². The van der Waals surface area contributed by atoms with E-state index in [1.54, 1.807) is 0 Å². The van der Waals surface area contributed by atoms with Crippen LogP contribution in [0.2, 0.25) is 0 Å². The van der Waals surface area contributed by atoms with Crippen LogP contribution >= 0.6 is 7.82 Å². The number of carbonyl (C=O) groups excluding carboxylic acids is 1. The van der Waals surface area contributed by atoms with Crippen molar-refractivity contribution in [3.63, 3.8) is 0 Å². The molecule has 1 aromatic carbocycles. The number of nitrogens with one attached hydrogen (secondary N) is 1. The summed E-state index contributed by atoms with van der Waals surface area (Å²) in [4.78, 5) is 48.0. The fourth-order valence-corrected chi connectivity index (χ4v) is 2.93. The molecule has 12 heteroatoms. The molecule has 0 saturated carbocycles. The summed E-state index contributed by atoms with van der Waals surface area (Å²) in [6.07, 6.45) is 4.13. The van der Waals surface area contributed by atoms with Gasteiger partial charge in [0.2, 0.25) is 5.91 Å². The summed E-state index contributed by atoms with van der Waals surface area (Å²) in [5.41, 5.74) is 13.2. The Labute approximate surface area is 176 Å². The lowest BCUT2D eigenvalue weighted by atomic mass is 10.0. The van der Waals surface area contributed by atoms with Crippen LogP contribution in [0.15, 0.2) is 30.5 Å². The zero-order valence-electron chi connectivity index (χ0n) is 18.6. The van der Waals surface area contributed by atoms with Gasteiger partial charge in [-0.05, 0) is 31.0 Å². The number of amides is 1. The highest BCUT2D eigenvalue weighted by Crippen LogP contribution is 2.21. The number of fused-ring (bicyclic) bond motifs is 1. The molecule has 30 heavy (non-hydrogen) atoms. The summed E-state index contributed by atoms with van der Waals surface area (Å²) < 4.78 is 10.6. The molecule has 0 bridgehead atoms. The molecule has 2 aromatic rings. The third kappa shape index (κ3) is 9.04. The number of para-hydroxylation sites is 1. The second-order valence-electron chi connectivity index (χ2n) is 6.75. The van der Waals surface area contributed by atoms with Gasteiger partial charge < -0.3 is 45.7 Å². The van der Waals surface area contributed by atoms with E-state index in [4.69, 9.17) is 30.7 Å². The van der Waals surface area contributed by atoms with Gasteiger partial charge >= 0.3 is 8.82 Å². The summed E-state index contributed by atoms with van der Waals surface area (Å²) in [5.74, 6) is -1.51. The minimum absolute atomic E-state index is 0. The zero-order valence-corrected chi connectivity index (χ0v) is 17.5. The standard InChI is InChI=1S/C18H26N4O3.H3O4P/c1-22-11-12(13-6-2-3-8-16(13)22)10-15(18(24)25)21-17(23)14(20)7-4-5-9-19;1-5(2,3)4/h2-3,6,8,11,14-15H,4-5,7,9-10,19-20H2,1H3,(H,21,23)(H,24,25);(H3,1,2,3,4)/t14-,15+;/m0./s1. The number of aromatic nitrogens is 1. The molecule has 1 aromatic heterocycles. The molecule has 11 nitrogen and oxygen atoms in total. The van der Waals surface area contributed by atoms with E-state index in [0.29, 0.717) is 13.0 Å². The first-order chi connectivity index (χ1) is 13.9. The van der Waals surface area contributed by atoms with Crippen molar-refractivity contribution in [1.29, 1.82) is 0 Å². The summed E-state index contributed by atoms with van der Waals surface area (Å²) in [5, 5.41) is 13.0. The number of hydrogen-bond acceptors (Lipinski definition) is 7. The number of aliphatic carboxylic acids is 1. The maximum Gasteiger partial charge on any atom is 1.00 e. The van der Waals surface area contributed by atoms with E-state index < -0.39 is 31.8 Å². The van der Waals surface area contributed by atoms with Crippen molar-refractivity contribution in [3.8, 4) is 0 Å². The lowest BCUT2D eigenvalue weighted by Gasteiger charge is -2.19. The van der Waals surface area contributed by atoms with Gasteiger partial charge in [0.15, 0.2) is 0 Å². The highest BCUT2D eigenvalue weighted by Gasteiger charge is 2.24. The number of nitrogens with zero attached hydrogens (tertiary/aromatic N) is 1. The van der Waals surface area contributed by atoms with Crippen LogP contribution in [0.4, 0.5) is 0 Å². The monoisotopic (exact) mass is 444 g/mol. The molecule has 0 aliphatic heterocycles. The summed E-state index contributed by atoms with van der Waals surface area (Å²) in [6, 6.07) is 6.03. The molecular weight excluding hydrogens is 415 g/mol. The summed E-state index contributed by atoms with van der Waals surface area (Å²) >= 11 is 0. The minimum Gasteiger partial charge on any atom is -0.790 e. The molecule has 7 N–H and O–H groups in total. The van der Waals surface area contributed by atoms with E-state index in [2.05, 4.69) is 5.32 Å². The zero-order chi connectivity index (χ0) is 22.9. The molecule has 0 spiro atoms. The number of carboxylic acids is 1. The topological polar surface area (TPSA) is 207 Å². The van der Waals surface area contributed by atoms with E-state index in [-0.39, 0.29) is 9.27 Å². The Morgan fingerprint density at radius 1 is 1.30 bits per heavy atom. The van der Waals surface area contributed by atoms with Gasteiger partial charge in [-0.3, -0.25) is 4.79 Å². The smallest absolute Gasteiger partial charge is 0.790 e. The predicted molar refractivity (Wildman–Crippen MR) is 109 cm³/mol. The maximum atomic E-state index is 12.2. The number of carboxylic acid groups (broad SMARTS) is 1. The van der Waals surface area contributed by atoms with Crippen molar-refractivity contribution in [2.75, 3.05) is 6.54 Å². The normalized spacial score (nSPS) is 13.3. The highest BCUT2D eigenvalue weighted by atomic mass is 31.2. The first-order valence-electron chi connectivity index (χ1n) is 9.20. The quantitative estimate of drug-likeness (QED) is 0.232. The number of phosphoric acid groups is 1. The average molecular weight is 444 g/mol. The van der Waals surface area contributed by atoms with Crippen LogP contribution in [0.5, 0.6) is 0 Å². The molecule has 2 rings (SSSR count). The third-order valence-corrected chi connectivity index (χ3v) is 4.32. The van der Waals surface area contributed by atoms with Crippen LogP contribution in [0, 0.1) is 0 Å². The molecule has 0 fully saturated rings. The van der Waals surface area contributed by atoms with Crippen LogP contribution in [0.1, 0.15) is 27.7 Å². The minimum atomic E-state index is -5.14. The molecule has 0 saturated heterocycles. The molecule has 0 aliphatic carbocycles. The Kier molecular flexibility index (Phi) is 10.1.